The minimum Gasteiger partial charge on any atom is -0.354 e. The van der Waals surface area contributed by atoms with Crippen molar-refractivity contribution in [2.75, 3.05) is 13.1 Å². The number of nitrogens with one attached hydrogen (secondary N) is 2. The lowest BCUT2D eigenvalue weighted by atomic mass is 9.65. The van der Waals surface area contributed by atoms with Crippen LogP contribution in [0.1, 0.15) is 58.6 Å². The van der Waals surface area contributed by atoms with Gasteiger partial charge < -0.3 is 10.6 Å². The van der Waals surface area contributed by atoms with E-state index in [9.17, 15) is 14.4 Å². The Labute approximate surface area is 172 Å². The smallest absolute Gasteiger partial charge is 0.325 e. The van der Waals surface area contributed by atoms with Gasteiger partial charge in [0.15, 0.2) is 0 Å². The van der Waals surface area contributed by atoms with Crippen LogP contribution in [0.5, 0.6) is 0 Å². The lowest BCUT2D eigenvalue weighted by Crippen LogP contribution is -2.51. The number of urea groups is 1. The average molecular weight is 401 g/mol. The molecule has 2 fully saturated rings. The molecule has 1 saturated heterocycles. The molecule has 1 aliphatic carbocycles. The first kappa shape index (κ1) is 21.3. The van der Waals surface area contributed by atoms with Crippen molar-refractivity contribution in [1.29, 1.82) is 0 Å². The Morgan fingerprint density at radius 2 is 2.03 bits per heavy atom. The average Bonchev–Trinajstić information content (AvgIpc) is 2.93. The molecule has 4 amide bonds. The molecule has 0 atom stereocenters. The van der Waals surface area contributed by atoms with Gasteiger partial charge in [-0.25, -0.2) is 4.79 Å². The molecule has 3 rings (SSSR count). The standard InChI is InChI=1S/C22H32N4O3/c1-4-21(2,3)16-8-11-22(12-9-16)19(28)26(20(29)25-22)15-18(27)24-14-10-17-7-5-6-13-23-17/h5-7,13,16H,4,8-12,14-15H2,1-3H3,(H,24,27)(H,25,29). The summed E-state index contributed by atoms with van der Waals surface area (Å²) in [5, 5.41) is 5.67. The van der Waals surface area contributed by atoms with Crippen molar-refractivity contribution in [2.45, 2.75) is 64.8 Å². The van der Waals surface area contributed by atoms with Crippen LogP contribution in [0, 0.1) is 11.3 Å². The molecule has 1 aromatic heterocycles. The predicted molar refractivity (Wildman–Crippen MR) is 110 cm³/mol. The van der Waals surface area contributed by atoms with Crippen LogP contribution in [0.4, 0.5) is 4.79 Å². The Kier molecular flexibility index (Phi) is 6.24. The maximum absolute atomic E-state index is 13.0. The fourth-order valence-corrected chi connectivity index (χ4v) is 4.41. The molecule has 7 nitrogen and oxygen atoms in total. The number of carbonyl (C=O) groups is 3. The van der Waals surface area contributed by atoms with E-state index < -0.39 is 11.6 Å². The van der Waals surface area contributed by atoms with Crippen LogP contribution in [0.15, 0.2) is 24.4 Å². The molecular weight excluding hydrogens is 368 g/mol. The number of aromatic nitrogens is 1. The number of hydrogen-bond donors (Lipinski definition) is 2. The minimum atomic E-state index is -0.828. The summed E-state index contributed by atoms with van der Waals surface area (Å²) in [6.45, 7) is 6.91. The van der Waals surface area contributed by atoms with Crippen molar-refractivity contribution in [3.63, 3.8) is 0 Å². The molecule has 1 spiro atoms. The van der Waals surface area contributed by atoms with Crippen molar-refractivity contribution < 1.29 is 14.4 Å². The Morgan fingerprint density at radius 1 is 1.31 bits per heavy atom. The van der Waals surface area contributed by atoms with Gasteiger partial charge in [-0.3, -0.25) is 19.5 Å². The van der Waals surface area contributed by atoms with Gasteiger partial charge in [0.05, 0.1) is 0 Å². The van der Waals surface area contributed by atoms with E-state index in [1.54, 1.807) is 6.20 Å². The molecule has 0 bridgehead atoms. The van der Waals surface area contributed by atoms with E-state index >= 15 is 0 Å². The third-order valence-corrected chi connectivity index (χ3v) is 6.83. The Morgan fingerprint density at radius 3 is 2.66 bits per heavy atom. The van der Waals surface area contributed by atoms with Crippen molar-refractivity contribution >= 4 is 17.8 Å². The number of hydrogen-bond acceptors (Lipinski definition) is 4. The zero-order chi connectivity index (χ0) is 21.1. The summed E-state index contributed by atoms with van der Waals surface area (Å²) in [5.41, 5.74) is 0.292. The molecule has 1 aliphatic heterocycles. The first-order valence-electron chi connectivity index (χ1n) is 10.6. The second-order valence-electron chi connectivity index (χ2n) is 8.94. The molecule has 2 N–H and O–H groups in total. The molecule has 0 radical (unpaired) electrons. The van der Waals surface area contributed by atoms with Crippen molar-refractivity contribution in [3.05, 3.63) is 30.1 Å². The highest BCUT2D eigenvalue weighted by Gasteiger charge is 2.53. The monoisotopic (exact) mass is 400 g/mol. The van der Waals surface area contributed by atoms with Crippen molar-refractivity contribution in [1.82, 2.24) is 20.5 Å². The van der Waals surface area contributed by atoms with Crippen LogP contribution in [-0.2, 0) is 16.0 Å². The largest absolute Gasteiger partial charge is 0.354 e. The minimum absolute atomic E-state index is 0.237. The van der Waals surface area contributed by atoms with E-state index in [0.717, 1.165) is 29.9 Å². The van der Waals surface area contributed by atoms with E-state index in [2.05, 4.69) is 36.4 Å². The van der Waals surface area contributed by atoms with Crippen LogP contribution in [0.2, 0.25) is 0 Å². The van der Waals surface area contributed by atoms with E-state index in [1.807, 2.05) is 18.2 Å². The zero-order valence-electron chi connectivity index (χ0n) is 17.7. The van der Waals surface area contributed by atoms with Gasteiger partial charge in [0.1, 0.15) is 12.1 Å². The highest BCUT2D eigenvalue weighted by Crippen LogP contribution is 2.45. The van der Waals surface area contributed by atoms with Crippen LogP contribution >= 0.6 is 0 Å². The molecular formula is C22H32N4O3. The topological polar surface area (TPSA) is 91.4 Å². The highest BCUT2D eigenvalue weighted by atomic mass is 16.2. The van der Waals surface area contributed by atoms with Crippen LogP contribution in [-0.4, -0.2) is 46.4 Å². The van der Waals surface area contributed by atoms with Gasteiger partial charge in [-0.1, -0.05) is 33.3 Å². The van der Waals surface area contributed by atoms with Crippen LogP contribution < -0.4 is 10.6 Å². The van der Waals surface area contributed by atoms with Crippen LogP contribution in [0.25, 0.3) is 0 Å². The van der Waals surface area contributed by atoms with Gasteiger partial charge in [-0.2, -0.15) is 0 Å². The van der Waals surface area contributed by atoms with Crippen molar-refractivity contribution in [2.24, 2.45) is 11.3 Å². The van der Waals surface area contributed by atoms with Crippen LogP contribution in [0.3, 0.4) is 0 Å². The summed E-state index contributed by atoms with van der Waals surface area (Å²) < 4.78 is 0. The summed E-state index contributed by atoms with van der Waals surface area (Å²) in [4.78, 5) is 43.0. The maximum Gasteiger partial charge on any atom is 0.325 e. The molecule has 7 heteroatoms. The SMILES string of the molecule is CCC(C)(C)C1CCC2(CC1)NC(=O)N(CC(=O)NCCc1ccccn1)C2=O. The number of carbonyl (C=O) groups excluding carboxylic acids is 3. The molecule has 1 saturated carbocycles. The van der Waals surface area contributed by atoms with Gasteiger partial charge in [-0.15, -0.1) is 0 Å². The lowest BCUT2D eigenvalue weighted by molar-refractivity contribution is -0.136. The third kappa shape index (κ3) is 4.60. The van der Waals surface area contributed by atoms with E-state index in [1.165, 1.54) is 0 Å². The summed E-state index contributed by atoms with van der Waals surface area (Å²) in [6.07, 6.45) is 6.52. The second kappa shape index (κ2) is 8.51. The quantitative estimate of drug-likeness (QED) is 0.689. The molecule has 2 heterocycles. The number of rotatable bonds is 7. The predicted octanol–water partition coefficient (Wildman–Crippen LogP) is 2.66. The lowest BCUT2D eigenvalue weighted by Gasteiger charge is -2.42. The highest BCUT2D eigenvalue weighted by molar-refractivity contribution is 6.09. The van der Waals surface area contributed by atoms with Gasteiger partial charge in [0, 0.05) is 24.9 Å². The number of pyridine rings is 1. The fraction of sp³-hybridized carbons (Fsp3) is 0.636. The van der Waals surface area contributed by atoms with Crippen molar-refractivity contribution in [3.8, 4) is 0 Å². The van der Waals surface area contributed by atoms with Gasteiger partial charge in [-0.05, 0) is 49.1 Å². The van der Waals surface area contributed by atoms with E-state index in [0.29, 0.717) is 31.7 Å². The summed E-state index contributed by atoms with van der Waals surface area (Å²) in [6, 6.07) is 5.17. The Balaban J connectivity index is 1.52. The summed E-state index contributed by atoms with van der Waals surface area (Å²) >= 11 is 0. The van der Waals surface area contributed by atoms with E-state index in [4.69, 9.17) is 0 Å². The second-order valence-corrected chi connectivity index (χ2v) is 8.94. The van der Waals surface area contributed by atoms with Gasteiger partial charge >= 0.3 is 6.03 Å². The van der Waals surface area contributed by atoms with Gasteiger partial charge in [0.25, 0.3) is 5.91 Å². The maximum atomic E-state index is 13.0. The number of nitrogens with zero attached hydrogens (tertiary/aromatic N) is 2. The summed E-state index contributed by atoms with van der Waals surface area (Å²) in [5.74, 6) is -0.0378. The third-order valence-electron chi connectivity index (χ3n) is 6.83. The molecule has 158 valence electrons. The molecule has 2 aliphatic rings. The number of amides is 4. The molecule has 1 aromatic rings. The Bertz CT molecular complexity index is 755. The van der Waals surface area contributed by atoms with E-state index in [-0.39, 0.29) is 23.8 Å². The number of imide groups is 1. The van der Waals surface area contributed by atoms with Gasteiger partial charge in [0.2, 0.25) is 5.91 Å². The molecule has 29 heavy (non-hydrogen) atoms. The Hall–Kier alpha value is -2.44. The molecule has 0 aromatic carbocycles. The first-order valence-corrected chi connectivity index (χ1v) is 10.6. The normalized spacial score (nSPS) is 24.7. The molecule has 0 unspecified atom stereocenters. The fourth-order valence-electron chi connectivity index (χ4n) is 4.41. The zero-order valence-corrected chi connectivity index (χ0v) is 17.7. The first-order chi connectivity index (χ1) is 13.8. The summed E-state index contributed by atoms with van der Waals surface area (Å²) in [7, 11) is 0.